The predicted octanol–water partition coefficient (Wildman–Crippen LogP) is 3.72. The molecule has 2 aliphatic rings. The zero-order chi connectivity index (χ0) is 22.5. The normalized spacial score (nSPS) is 14.4. The summed E-state index contributed by atoms with van der Waals surface area (Å²) in [6, 6.07) is 9.97. The van der Waals surface area contributed by atoms with E-state index in [-0.39, 0.29) is 11.7 Å². The first-order chi connectivity index (χ1) is 15.6. The third kappa shape index (κ3) is 4.65. The zero-order valence-corrected chi connectivity index (χ0v) is 19.0. The fraction of sp³-hybridized carbons (Fsp3) is 0.462. The molecule has 6 heteroatoms. The van der Waals surface area contributed by atoms with Crippen LogP contribution in [0.15, 0.2) is 30.3 Å². The standard InChI is InChI=1S/C26H32N2O4/c1-31-23-8-5-6-18(26(23)32-2)11-14-27-13-4-3-7-22(29)21-16-19-9-10-24(30)28-15-12-20(17-21)25(19)28/h5-6,8,16-17,27H,3-4,7,9-15H2,1-2H3. The van der Waals surface area contributed by atoms with Gasteiger partial charge in [0.25, 0.3) is 0 Å². The van der Waals surface area contributed by atoms with Crippen molar-refractivity contribution in [3.05, 3.63) is 52.6 Å². The second kappa shape index (κ2) is 10.2. The molecule has 2 aliphatic heterocycles. The second-order valence-electron chi connectivity index (χ2n) is 8.47. The van der Waals surface area contributed by atoms with Crippen LogP contribution in [0.2, 0.25) is 0 Å². The quantitative estimate of drug-likeness (QED) is 0.430. The SMILES string of the molecule is COc1cccc(CCNCCCCC(=O)c2cc3c4c(c2)CCN4C(=O)CC3)c1OC. The number of anilines is 1. The Morgan fingerprint density at radius 3 is 2.62 bits per heavy atom. The van der Waals surface area contributed by atoms with E-state index in [1.54, 1.807) is 14.2 Å². The van der Waals surface area contributed by atoms with E-state index in [1.807, 2.05) is 29.2 Å². The molecule has 2 aromatic carbocycles. The molecule has 0 saturated heterocycles. The first kappa shape index (κ1) is 22.3. The molecule has 170 valence electrons. The molecular formula is C26H32N2O4. The number of carbonyl (C=O) groups is 2. The monoisotopic (exact) mass is 436 g/mol. The second-order valence-corrected chi connectivity index (χ2v) is 8.47. The molecule has 2 aromatic rings. The van der Waals surface area contributed by atoms with Gasteiger partial charge in [-0.2, -0.15) is 0 Å². The number of methoxy groups -OCH3 is 2. The summed E-state index contributed by atoms with van der Waals surface area (Å²) in [5, 5.41) is 3.46. The van der Waals surface area contributed by atoms with E-state index in [4.69, 9.17) is 9.47 Å². The van der Waals surface area contributed by atoms with E-state index in [1.165, 1.54) is 0 Å². The van der Waals surface area contributed by atoms with Gasteiger partial charge in [0.1, 0.15) is 0 Å². The van der Waals surface area contributed by atoms with Crippen LogP contribution in [-0.4, -0.2) is 45.5 Å². The van der Waals surface area contributed by atoms with Crippen LogP contribution in [0.3, 0.4) is 0 Å². The molecule has 2 heterocycles. The van der Waals surface area contributed by atoms with Gasteiger partial charge < -0.3 is 19.7 Å². The molecule has 32 heavy (non-hydrogen) atoms. The van der Waals surface area contributed by atoms with E-state index in [0.717, 1.165) is 91.2 Å². The van der Waals surface area contributed by atoms with E-state index >= 15 is 0 Å². The average Bonchev–Trinajstić information content (AvgIpc) is 3.25. The number of unbranched alkanes of at least 4 members (excludes halogenated alkanes) is 1. The van der Waals surface area contributed by atoms with Gasteiger partial charge in [0.15, 0.2) is 17.3 Å². The highest BCUT2D eigenvalue weighted by Gasteiger charge is 2.31. The number of hydrogen-bond acceptors (Lipinski definition) is 5. The molecule has 0 radical (unpaired) electrons. The Balaban J connectivity index is 1.20. The minimum absolute atomic E-state index is 0.209. The van der Waals surface area contributed by atoms with Gasteiger partial charge in [-0.1, -0.05) is 12.1 Å². The Bertz CT molecular complexity index is 1000. The van der Waals surface area contributed by atoms with Crippen LogP contribution in [0, 0.1) is 0 Å². The van der Waals surface area contributed by atoms with E-state index in [0.29, 0.717) is 12.8 Å². The van der Waals surface area contributed by atoms with Crippen molar-refractivity contribution >= 4 is 17.4 Å². The number of Topliss-reactive ketones (excluding diaryl/α,β-unsaturated/α-hetero) is 1. The molecule has 0 spiro atoms. The lowest BCUT2D eigenvalue weighted by Crippen LogP contribution is -2.32. The van der Waals surface area contributed by atoms with Crippen molar-refractivity contribution in [1.29, 1.82) is 0 Å². The van der Waals surface area contributed by atoms with E-state index < -0.39 is 0 Å². The fourth-order valence-electron chi connectivity index (χ4n) is 4.80. The predicted molar refractivity (Wildman–Crippen MR) is 125 cm³/mol. The number of aryl methyl sites for hydroxylation is 1. The minimum atomic E-state index is 0.209. The molecule has 0 aromatic heterocycles. The van der Waals surface area contributed by atoms with Crippen molar-refractivity contribution in [3.63, 3.8) is 0 Å². The molecular weight excluding hydrogens is 404 g/mol. The number of amides is 1. The maximum absolute atomic E-state index is 12.8. The Hall–Kier alpha value is -2.86. The van der Waals surface area contributed by atoms with Crippen molar-refractivity contribution in [2.75, 3.05) is 38.8 Å². The number of nitrogens with one attached hydrogen (secondary N) is 1. The van der Waals surface area contributed by atoms with Crippen LogP contribution in [0.1, 0.15) is 52.7 Å². The van der Waals surface area contributed by atoms with Gasteiger partial charge in [0, 0.05) is 24.9 Å². The van der Waals surface area contributed by atoms with Crippen LogP contribution in [0.4, 0.5) is 5.69 Å². The zero-order valence-electron chi connectivity index (χ0n) is 19.0. The number of hydrogen-bond donors (Lipinski definition) is 1. The number of carbonyl (C=O) groups excluding carboxylic acids is 2. The van der Waals surface area contributed by atoms with Gasteiger partial charge in [-0.3, -0.25) is 9.59 Å². The van der Waals surface area contributed by atoms with E-state index in [9.17, 15) is 9.59 Å². The highest BCUT2D eigenvalue weighted by molar-refractivity contribution is 6.02. The van der Waals surface area contributed by atoms with Crippen LogP contribution in [-0.2, 0) is 24.1 Å². The van der Waals surface area contributed by atoms with Crippen LogP contribution in [0.25, 0.3) is 0 Å². The first-order valence-electron chi connectivity index (χ1n) is 11.5. The molecule has 0 fully saturated rings. The Labute approximate surface area is 189 Å². The largest absolute Gasteiger partial charge is 0.493 e. The van der Waals surface area contributed by atoms with Gasteiger partial charge >= 0.3 is 0 Å². The molecule has 0 unspecified atom stereocenters. The topological polar surface area (TPSA) is 67.9 Å². The minimum Gasteiger partial charge on any atom is -0.493 e. The van der Waals surface area contributed by atoms with Crippen molar-refractivity contribution in [2.45, 2.75) is 44.9 Å². The highest BCUT2D eigenvalue weighted by atomic mass is 16.5. The Morgan fingerprint density at radius 2 is 1.84 bits per heavy atom. The summed E-state index contributed by atoms with van der Waals surface area (Å²) in [5.74, 6) is 1.97. The van der Waals surface area contributed by atoms with Crippen LogP contribution < -0.4 is 19.7 Å². The maximum Gasteiger partial charge on any atom is 0.227 e. The Morgan fingerprint density at radius 1 is 1.03 bits per heavy atom. The van der Waals surface area contributed by atoms with Crippen molar-refractivity contribution in [3.8, 4) is 11.5 Å². The number of rotatable bonds is 11. The lowest BCUT2D eigenvalue weighted by atomic mass is 9.94. The summed E-state index contributed by atoms with van der Waals surface area (Å²) in [6.07, 6.45) is 5.41. The molecule has 0 aliphatic carbocycles. The van der Waals surface area contributed by atoms with Crippen LogP contribution in [0.5, 0.6) is 11.5 Å². The summed E-state index contributed by atoms with van der Waals surface area (Å²) >= 11 is 0. The molecule has 1 amide bonds. The number of para-hydroxylation sites is 1. The fourth-order valence-corrected chi connectivity index (χ4v) is 4.80. The molecule has 4 rings (SSSR count). The summed E-state index contributed by atoms with van der Waals surface area (Å²) in [5.41, 5.74) is 5.34. The Kier molecular flexibility index (Phi) is 7.10. The van der Waals surface area contributed by atoms with Gasteiger partial charge in [-0.15, -0.1) is 0 Å². The lowest BCUT2D eigenvalue weighted by Gasteiger charge is -2.25. The molecule has 1 N–H and O–H groups in total. The molecule has 0 saturated carbocycles. The number of benzene rings is 2. The van der Waals surface area contributed by atoms with Crippen molar-refractivity contribution < 1.29 is 19.1 Å². The summed E-state index contributed by atoms with van der Waals surface area (Å²) in [7, 11) is 3.31. The van der Waals surface area contributed by atoms with Crippen molar-refractivity contribution in [1.82, 2.24) is 5.32 Å². The average molecular weight is 437 g/mol. The third-order valence-electron chi connectivity index (χ3n) is 6.44. The van der Waals surface area contributed by atoms with Gasteiger partial charge in [0.2, 0.25) is 5.91 Å². The molecule has 0 atom stereocenters. The summed E-state index contributed by atoms with van der Waals surface area (Å²) in [6.45, 7) is 2.49. The van der Waals surface area contributed by atoms with Gasteiger partial charge in [0.05, 0.1) is 19.9 Å². The maximum atomic E-state index is 12.8. The number of ketones is 1. The van der Waals surface area contributed by atoms with Crippen LogP contribution >= 0.6 is 0 Å². The summed E-state index contributed by atoms with van der Waals surface area (Å²) < 4.78 is 10.8. The van der Waals surface area contributed by atoms with Crippen molar-refractivity contribution in [2.24, 2.45) is 0 Å². The highest BCUT2D eigenvalue weighted by Crippen LogP contribution is 2.37. The summed E-state index contributed by atoms with van der Waals surface area (Å²) in [4.78, 5) is 26.7. The van der Waals surface area contributed by atoms with E-state index in [2.05, 4.69) is 11.4 Å². The first-order valence-corrected chi connectivity index (χ1v) is 11.5. The smallest absolute Gasteiger partial charge is 0.227 e. The molecule has 0 bridgehead atoms. The molecule has 6 nitrogen and oxygen atoms in total. The lowest BCUT2D eigenvalue weighted by molar-refractivity contribution is -0.118. The number of ether oxygens (including phenoxy) is 2. The number of nitrogens with zero attached hydrogens (tertiary/aromatic N) is 1. The van der Waals surface area contributed by atoms with Gasteiger partial charge in [-0.05, 0) is 80.1 Å². The third-order valence-corrected chi connectivity index (χ3v) is 6.44. The van der Waals surface area contributed by atoms with Gasteiger partial charge in [-0.25, -0.2) is 0 Å².